The van der Waals surface area contributed by atoms with Gasteiger partial charge in [-0.05, 0) is 26.3 Å². The summed E-state index contributed by atoms with van der Waals surface area (Å²) >= 11 is 0. The third-order valence-corrected chi connectivity index (χ3v) is 6.25. The summed E-state index contributed by atoms with van der Waals surface area (Å²) in [5, 5.41) is 0. The molecule has 1 aliphatic carbocycles. The second kappa shape index (κ2) is 5.29. The molecule has 1 aliphatic heterocycles. The summed E-state index contributed by atoms with van der Waals surface area (Å²) in [6, 6.07) is 0.105. The van der Waals surface area contributed by atoms with Gasteiger partial charge in [-0.3, -0.25) is 0 Å². The molecule has 4 nitrogen and oxygen atoms in total. The number of carbonyl (C=O) groups excluding carboxylic acids is 1. The SMILES string of the molecule is CN(CC1(C=O)CCCCC1)C1CCS(=O)(=O)C1. The van der Waals surface area contributed by atoms with Crippen LogP contribution in [-0.4, -0.2) is 50.7 Å². The van der Waals surface area contributed by atoms with Crippen molar-refractivity contribution < 1.29 is 13.2 Å². The highest BCUT2D eigenvalue weighted by atomic mass is 32.2. The predicted octanol–water partition coefficient (Wildman–Crippen LogP) is 1.25. The summed E-state index contributed by atoms with van der Waals surface area (Å²) in [6.45, 7) is 0.719. The quantitative estimate of drug-likeness (QED) is 0.724. The lowest BCUT2D eigenvalue weighted by atomic mass is 9.75. The zero-order valence-corrected chi connectivity index (χ0v) is 11.9. The minimum Gasteiger partial charge on any atom is -0.303 e. The van der Waals surface area contributed by atoms with Crippen molar-refractivity contribution in [3.63, 3.8) is 0 Å². The van der Waals surface area contributed by atoms with E-state index < -0.39 is 9.84 Å². The number of nitrogens with zero attached hydrogens (tertiary/aromatic N) is 1. The zero-order chi connectivity index (χ0) is 13.2. The Morgan fingerprint density at radius 1 is 1.28 bits per heavy atom. The average molecular weight is 273 g/mol. The number of aldehydes is 1. The second-order valence-corrected chi connectivity index (χ2v) is 8.24. The molecule has 2 aliphatic rings. The Kier molecular flexibility index (Phi) is 4.11. The number of hydrogen-bond acceptors (Lipinski definition) is 4. The summed E-state index contributed by atoms with van der Waals surface area (Å²) < 4.78 is 23.0. The topological polar surface area (TPSA) is 54.5 Å². The lowest BCUT2D eigenvalue weighted by Crippen LogP contribution is -2.43. The summed E-state index contributed by atoms with van der Waals surface area (Å²) in [5.41, 5.74) is -0.223. The molecule has 1 atom stereocenters. The fraction of sp³-hybridized carbons (Fsp3) is 0.923. The predicted molar refractivity (Wildman–Crippen MR) is 71.3 cm³/mol. The van der Waals surface area contributed by atoms with Crippen molar-refractivity contribution in [2.75, 3.05) is 25.1 Å². The fourth-order valence-electron chi connectivity index (χ4n) is 3.32. The molecule has 2 fully saturated rings. The van der Waals surface area contributed by atoms with Crippen LogP contribution in [0.4, 0.5) is 0 Å². The van der Waals surface area contributed by atoms with E-state index in [9.17, 15) is 13.2 Å². The van der Waals surface area contributed by atoms with Crippen molar-refractivity contribution in [1.29, 1.82) is 0 Å². The Hall–Kier alpha value is -0.420. The first-order valence-electron chi connectivity index (χ1n) is 6.83. The number of sulfone groups is 1. The van der Waals surface area contributed by atoms with E-state index in [1.165, 1.54) is 6.42 Å². The highest BCUT2D eigenvalue weighted by Crippen LogP contribution is 2.35. The van der Waals surface area contributed by atoms with Crippen LogP contribution >= 0.6 is 0 Å². The van der Waals surface area contributed by atoms with Crippen LogP contribution in [0.2, 0.25) is 0 Å². The number of hydrogen-bond donors (Lipinski definition) is 0. The molecule has 104 valence electrons. The molecule has 5 heteroatoms. The third-order valence-electron chi connectivity index (χ3n) is 4.50. The smallest absolute Gasteiger partial charge is 0.151 e. The minimum absolute atomic E-state index is 0.105. The average Bonchev–Trinajstić information content (AvgIpc) is 2.71. The standard InChI is InChI=1S/C13H23NO3S/c1-14(12-5-8-18(16,17)9-12)10-13(11-15)6-3-2-4-7-13/h11-12H,2-10H2,1H3. The molecule has 0 bridgehead atoms. The van der Waals surface area contributed by atoms with Crippen LogP contribution in [0, 0.1) is 5.41 Å². The van der Waals surface area contributed by atoms with Crippen LogP contribution in [0.15, 0.2) is 0 Å². The van der Waals surface area contributed by atoms with Gasteiger partial charge in [0.15, 0.2) is 9.84 Å². The van der Waals surface area contributed by atoms with Gasteiger partial charge in [-0.25, -0.2) is 8.42 Å². The van der Waals surface area contributed by atoms with Crippen LogP contribution in [-0.2, 0) is 14.6 Å². The second-order valence-electron chi connectivity index (χ2n) is 6.01. The molecule has 0 amide bonds. The molecule has 0 aromatic heterocycles. The molecular weight excluding hydrogens is 250 g/mol. The monoisotopic (exact) mass is 273 g/mol. The molecule has 1 unspecified atom stereocenters. The highest BCUT2D eigenvalue weighted by molar-refractivity contribution is 7.91. The van der Waals surface area contributed by atoms with Gasteiger partial charge in [0, 0.05) is 18.0 Å². The van der Waals surface area contributed by atoms with Crippen LogP contribution in [0.1, 0.15) is 38.5 Å². The van der Waals surface area contributed by atoms with Gasteiger partial charge in [0.25, 0.3) is 0 Å². The fourth-order valence-corrected chi connectivity index (χ4v) is 5.12. The lowest BCUT2D eigenvalue weighted by Gasteiger charge is -2.37. The van der Waals surface area contributed by atoms with Crippen molar-refractivity contribution in [2.24, 2.45) is 5.41 Å². The summed E-state index contributed by atoms with van der Waals surface area (Å²) in [4.78, 5) is 13.5. The van der Waals surface area contributed by atoms with Gasteiger partial charge in [-0.1, -0.05) is 19.3 Å². The van der Waals surface area contributed by atoms with Crippen molar-refractivity contribution in [1.82, 2.24) is 4.90 Å². The summed E-state index contributed by atoms with van der Waals surface area (Å²) in [6.07, 6.45) is 7.21. The molecule has 1 saturated carbocycles. The van der Waals surface area contributed by atoms with E-state index >= 15 is 0 Å². The maximum absolute atomic E-state index is 11.5. The minimum atomic E-state index is -2.84. The first-order chi connectivity index (χ1) is 8.46. The number of rotatable bonds is 4. The molecular formula is C13H23NO3S. The zero-order valence-electron chi connectivity index (χ0n) is 11.1. The van der Waals surface area contributed by atoms with Crippen LogP contribution < -0.4 is 0 Å². The van der Waals surface area contributed by atoms with Gasteiger partial charge in [0.1, 0.15) is 6.29 Å². The summed E-state index contributed by atoms with van der Waals surface area (Å²) in [5.74, 6) is 0.564. The third kappa shape index (κ3) is 3.12. The van der Waals surface area contributed by atoms with Gasteiger partial charge < -0.3 is 9.69 Å². The Morgan fingerprint density at radius 3 is 2.44 bits per heavy atom. The van der Waals surface area contributed by atoms with Crippen LogP contribution in [0.3, 0.4) is 0 Å². The molecule has 0 aromatic rings. The maximum Gasteiger partial charge on any atom is 0.151 e. The molecule has 1 saturated heterocycles. The molecule has 0 radical (unpaired) electrons. The first-order valence-corrected chi connectivity index (χ1v) is 8.66. The number of carbonyl (C=O) groups is 1. The van der Waals surface area contributed by atoms with E-state index in [1.807, 2.05) is 7.05 Å². The molecule has 0 aromatic carbocycles. The largest absolute Gasteiger partial charge is 0.303 e. The molecule has 0 spiro atoms. The Bertz CT molecular complexity index is 398. The van der Waals surface area contributed by atoms with E-state index in [1.54, 1.807) is 0 Å². The van der Waals surface area contributed by atoms with E-state index in [-0.39, 0.29) is 17.2 Å². The van der Waals surface area contributed by atoms with Crippen molar-refractivity contribution in [3.8, 4) is 0 Å². The van der Waals surface area contributed by atoms with Crippen LogP contribution in [0.5, 0.6) is 0 Å². The van der Waals surface area contributed by atoms with E-state index in [0.717, 1.165) is 38.5 Å². The molecule has 2 rings (SSSR count). The molecule has 1 heterocycles. The van der Waals surface area contributed by atoms with Gasteiger partial charge in [0.05, 0.1) is 11.5 Å². The van der Waals surface area contributed by atoms with Crippen molar-refractivity contribution in [2.45, 2.75) is 44.6 Å². The van der Waals surface area contributed by atoms with Gasteiger partial charge in [-0.2, -0.15) is 0 Å². The first kappa shape index (κ1) is 14.0. The van der Waals surface area contributed by atoms with E-state index in [4.69, 9.17) is 0 Å². The van der Waals surface area contributed by atoms with Crippen LogP contribution in [0.25, 0.3) is 0 Å². The van der Waals surface area contributed by atoms with Gasteiger partial charge in [0.2, 0.25) is 0 Å². The summed E-state index contributed by atoms with van der Waals surface area (Å²) in [7, 11) is -0.874. The maximum atomic E-state index is 11.5. The molecule has 18 heavy (non-hydrogen) atoms. The van der Waals surface area contributed by atoms with Crippen molar-refractivity contribution >= 4 is 16.1 Å². The lowest BCUT2D eigenvalue weighted by molar-refractivity contribution is -0.119. The van der Waals surface area contributed by atoms with Crippen molar-refractivity contribution in [3.05, 3.63) is 0 Å². The Labute approximate surface area is 110 Å². The van der Waals surface area contributed by atoms with Gasteiger partial charge >= 0.3 is 0 Å². The van der Waals surface area contributed by atoms with E-state index in [0.29, 0.717) is 12.2 Å². The Morgan fingerprint density at radius 2 is 1.94 bits per heavy atom. The van der Waals surface area contributed by atoms with E-state index in [2.05, 4.69) is 4.90 Å². The van der Waals surface area contributed by atoms with Gasteiger partial charge in [-0.15, -0.1) is 0 Å². The molecule has 0 N–H and O–H groups in total. The normalized spacial score (nSPS) is 30.4. The Balaban J connectivity index is 1.97. The highest BCUT2D eigenvalue weighted by Gasteiger charge is 2.37.